The summed E-state index contributed by atoms with van der Waals surface area (Å²) in [5.74, 6) is 3.68. The smallest absolute Gasteiger partial charge is 0.139 e. The van der Waals surface area contributed by atoms with Crippen molar-refractivity contribution in [2.24, 2.45) is 5.92 Å². The molecule has 3 aromatic rings. The maximum atomic E-state index is 6.00. The molecular weight excluding hydrogens is 444 g/mol. The second-order valence-corrected chi connectivity index (χ2v) is 10.0. The maximum absolute atomic E-state index is 6.00. The van der Waals surface area contributed by atoms with E-state index in [1.165, 1.54) is 38.5 Å². The van der Waals surface area contributed by atoms with Gasteiger partial charge in [0.2, 0.25) is 0 Å². The molecule has 0 saturated heterocycles. The molecule has 1 N–H and O–H groups in total. The van der Waals surface area contributed by atoms with Crippen LogP contribution >= 0.6 is 11.6 Å². The minimum absolute atomic E-state index is 0.620. The minimum Gasteiger partial charge on any atom is -0.492 e. The number of nitrogens with zero attached hydrogens (tertiary/aromatic N) is 3. The molecule has 182 valence electrons. The summed E-state index contributed by atoms with van der Waals surface area (Å²) in [5, 5.41) is 5.50. The quantitative estimate of drug-likeness (QED) is 0.327. The van der Waals surface area contributed by atoms with Gasteiger partial charge in [0.05, 0.1) is 5.52 Å². The average Bonchev–Trinajstić information content (AvgIpc) is 2.85. The summed E-state index contributed by atoms with van der Waals surface area (Å²) < 4.78 is 5.79. The predicted molar refractivity (Wildman–Crippen MR) is 142 cm³/mol. The number of hydrogen-bond donors (Lipinski definition) is 1. The number of ether oxygens (including phenoxy) is 1. The highest BCUT2D eigenvalue weighted by atomic mass is 35.5. The van der Waals surface area contributed by atoms with Crippen molar-refractivity contribution in [3.05, 3.63) is 59.4 Å². The van der Waals surface area contributed by atoms with E-state index < -0.39 is 0 Å². The largest absolute Gasteiger partial charge is 0.492 e. The Hall–Kier alpha value is -2.37. The molecule has 0 spiro atoms. The average molecular weight is 481 g/mol. The molecule has 5 nitrogen and oxygen atoms in total. The summed E-state index contributed by atoms with van der Waals surface area (Å²) in [6.45, 7) is 1.55. The molecule has 1 fully saturated rings. The molecular formula is C28H37ClN4O. The van der Waals surface area contributed by atoms with Gasteiger partial charge in [-0.3, -0.25) is 0 Å². The van der Waals surface area contributed by atoms with Crippen LogP contribution in [0.25, 0.3) is 10.9 Å². The van der Waals surface area contributed by atoms with Gasteiger partial charge in [-0.05, 0) is 68.4 Å². The third-order valence-corrected chi connectivity index (χ3v) is 7.00. The summed E-state index contributed by atoms with van der Waals surface area (Å²) in [7, 11) is 4.10. The van der Waals surface area contributed by atoms with Crippen LogP contribution in [-0.4, -0.2) is 43.3 Å². The first-order valence-electron chi connectivity index (χ1n) is 12.6. The van der Waals surface area contributed by atoms with Gasteiger partial charge in [-0.2, -0.15) is 0 Å². The molecule has 0 bridgehead atoms. The van der Waals surface area contributed by atoms with E-state index in [-0.39, 0.29) is 0 Å². The van der Waals surface area contributed by atoms with Crippen molar-refractivity contribution in [3.63, 3.8) is 0 Å². The van der Waals surface area contributed by atoms with E-state index in [0.29, 0.717) is 17.7 Å². The first-order valence-corrected chi connectivity index (χ1v) is 13.0. The number of nitrogens with one attached hydrogen (secondary N) is 1. The maximum Gasteiger partial charge on any atom is 0.139 e. The molecule has 0 amide bonds. The Morgan fingerprint density at radius 2 is 1.82 bits per heavy atom. The van der Waals surface area contributed by atoms with Crippen molar-refractivity contribution in [1.29, 1.82) is 0 Å². The number of benzene rings is 2. The Morgan fingerprint density at radius 3 is 2.62 bits per heavy atom. The van der Waals surface area contributed by atoms with Crippen molar-refractivity contribution >= 4 is 28.3 Å². The predicted octanol–water partition coefficient (Wildman–Crippen LogP) is 6.29. The van der Waals surface area contributed by atoms with E-state index in [9.17, 15) is 0 Å². The fourth-order valence-electron chi connectivity index (χ4n) is 4.92. The van der Waals surface area contributed by atoms with Gasteiger partial charge in [0.1, 0.15) is 24.0 Å². The number of aryl methyl sites for hydroxylation is 1. The number of fused-ring (bicyclic) bond motifs is 1. The second-order valence-electron chi connectivity index (χ2n) is 9.60. The molecule has 0 atom stereocenters. The Morgan fingerprint density at radius 1 is 1.00 bits per heavy atom. The number of rotatable bonds is 11. The number of aromatic nitrogens is 2. The van der Waals surface area contributed by atoms with Crippen molar-refractivity contribution in [3.8, 4) is 5.75 Å². The molecule has 6 heteroatoms. The zero-order valence-corrected chi connectivity index (χ0v) is 21.2. The Bertz CT molecular complexity index is 1050. The normalized spacial score (nSPS) is 18.2. The summed E-state index contributed by atoms with van der Waals surface area (Å²) >= 11 is 6.00. The lowest BCUT2D eigenvalue weighted by atomic mass is 9.83. The third kappa shape index (κ3) is 7.07. The molecule has 1 heterocycles. The summed E-state index contributed by atoms with van der Waals surface area (Å²) in [5.41, 5.74) is 1.04. The van der Waals surface area contributed by atoms with Crippen LogP contribution in [-0.2, 0) is 6.42 Å². The number of halogens is 1. The van der Waals surface area contributed by atoms with Crippen molar-refractivity contribution in [1.82, 2.24) is 15.3 Å². The molecule has 34 heavy (non-hydrogen) atoms. The van der Waals surface area contributed by atoms with Gasteiger partial charge in [-0.25, -0.2) is 9.97 Å². The standard InChI is InChI=1S/C28H37ClN4O/c1-33(2)28-25-11-4-5-12-26(25)31-27(32-28)13-6-3-8-21-14-16-23(17-15-21)30-18-19-34-24-10-7-9-22(29)20-24/h4-5,7,9-12,20-21,23,30H,3,6,8,13-19H2,1-2H3. The van der Waals surface area contributed by atoms with Gasteiger partial charge in [-0.1, -0.05) is 42.6 Å². The van der Waals surface area contributed by atoms with Crippen LogP contribution < -0.4 is 15.0 Å². The van der Waals surface area contributed by atoms with Gasteiger partial charge in [0.25, 0.3) is 0 Å². The van der Waals surface area contributed by atoms with E-state index in [0.717, 1.165) is 53.6 Å². The highest BCUT2D eigenvalue weighted by Crippen LogP contribution is 2.29. The first kappa shape index (κ1) is 24.7. The fraction of sp³-hybridized carbons (Fsp3) is 0.500. The second kappa shape index (κ2) is 12.4. The van der Waals surface area contributed by atoms with E-state index in [1.807, 2.05) is 24.3 Å². The molecule has 0 aliphatic heterocycles. The van der Waals surface area contributed by atoms with E-state index >= 15 is 0 Å². The van der Waals surface area contributed by atoms with Gasteiger partial charge in [0.15, 0.2) is 0 Å². The number of para-hydroxylation sites is 1. The number of hydrogen-bond acceptors (Lipinski definition) is 5. The van der Waals surface area contributed by atoms with E-state index in [4.69, 9.17) is 26.3 Å². The molecule has 1 saturated carbocycles. The first-order chi connectivity index (χ1) is 16.6. The SMILES string of the molecule is CN(C)c1nc(CCCCC2CCC(NCCOc3cccc(Cl)c3)CC2)nc2ccccc12. The van der Waals surface area contributed by atoms with Crippen LogP contribution in [0.3, 0.4) is 0 Å². The van der Waals surface area contributed by atoms with Crippen LogP contribution in [0.4, 0.5) is 5.82 Å². The van der Waals surface area contributed by atoms with E-state index in [2.05, 4.69) is 48.6 Å². The summed E-state index contributed by atoms with van der Waals surface area (Å²) in [4.78, 5) is 11.7. The van der Waals surface area contributed by atoms with Crippen molar-refractivity contribution in [2.75, 3.05) is 32.1 Å². The van der Waals surface area contributed by atoms with Crippen molar-refractivity contribution in [2.45, 2.75) is 57.4 Å². The molecule has 0 radical (unpaired) electrons. The number of anilines is 1. The summed E-state index contributed by atoms with van der Waals surface area (Å²) in [6, 6.07) is 16.5. The van der Waals surface area contributed by atoms with Gasteiger partial charge >= 0.3 is 0 Å². The monoisotopic (exact) mass is 480 g/mol. The van der Waals surface area contributed by atoms with Gasteiger partial charge < -0.3 is 15.0 Å². The zero-order valence-electron chi connectivity index (χ0n) is 20.5. The van der Waals surface area contributed by atoms with Crippen LogP contribution in [0.5, 0.6) is 5.75 Å². The molecule has 1 aliphatic rings. The third-order valence-electron chi connectivity index (χ3n) is 6.76. The topological polar surface area (TPSA) is 50.3 Å². The van der Waals surface area contributed by atoms with Crippen LogP contribution in [0.15, 0.2) is 48.5 Å². The van der Waals surface area contributed by atoms with Gasteiger partial charge in [0, 0.05) is 43.5 Å². The Labute approximate surface area is 208 Å². The fourth-order valence-corrected chi connectivity index (χ4v) is 5.10. The molecule has 2 aromatic carbocycles. The van der Waals surface area contributed by atoms with Crippen LogP contribution in [0.2, 0.25) is 5.02 Å². The van der Waals surface area contributed by atoms with Crippen LogP contribution in [0.1, 0.15) is 50.8 Å². The molecule has 0 unspecified atom stereocenters. The Kier molecular flexibility index (Phi) is 9.00. The molecule has 1 aliphatic carbocycles. The Balaban J connectivity index is 1.12. The van der Waals surface area contributed by atoms with Gasteiger partial charge in [-0.15, -0.1) is 0 Å². The lowest BCUT2D eigenvalue weighted by Crippen LogP contribution is -2.35. The molecule has 1 aromatic heterocycles. The zero-order chi connectivity index (χ0) is 23.8. The number of unbranched alkanes of at least 4 members (excludes halogenated alkanes) is 1. The lowest BCUT2D eigenvalue weighted by Gasteiger charge is -2.29. The lowest BCUT2D eigenvalue weighted by molar-refractivity contribution is 0.254. The minimum atomic E-state index is 0.620. The van der Waals surface area contributed by atoms with Crippen molar-refractivity contribution < 1.29 is 4.74 Å². The van der Waals surface area contributed by atoms with Crippen LogP contribution in [0, 0.1) is 5.92 Å². The highest BCUT2D eigenvalue weighted by Gasteiger charge is 2.20. The van der Waals surface area contributed by atoms with E-state index in [1.54, 1.807) is 0 Å². The summed E-state index contributed by atoms with van der Waals surface area (Å²) in [6.07, 6.45) is 9.86. The molecule has 4 rings (SSSR count). The highest BCUT2D eigenvalue weighted by molar-refractivity contribution is 6.30.